The van der Waals surface area contributed by atoms with E-state index in [4.69, 9.17) is 5.11 Å². The molecule has 0 spiro atoms. The number of nitrogens with one attached hydrogen (secondary N) is 1. The zero-order valence-electron chi connectivity index (χ0n) is 7.48. The van der Waals surface area contributed by atoms with Crippen LogP contribution in [0.3, 0.4) is 0 Å². The molecule has 0 aliphatic rings. The molecule has 0 aliphatic carbocycles. The summed E-state index contributed by atoms with van der Waals surface area (Å²) in [4.78, 5) is 25.3. The Kier molecular flexibility index (Phi) is 1.88. The van der Waals surface area contributed by atoms with Crippen molar-refractivity contribution in [3.05, 3.63) is 17.8 Å². The van der Waals surface area contributed by atoms with Gasteiger partial charge in [-0.1, -0.05) is 6.92 Å². The van der Waals surface area contributed by atoms with Crippen molar-refractivity contribution in [1.29, 1.82) is 0 Å². The second kappa shape index (κ2) is 3.06. The maximum absolute atomic E-state index is 10.8. The Labute approximate surface area is 79.0 Å². The zero-order chi connectivity index (χ0) is 10.1. The van der Waals surface area contributed by atoms with Crippen LogP contribution in [-0.2, 0) is 6.42 Å². The van der Waals surface area contributed by atoms with E-state index < -0.39 is 5.97 Å². The Hall–Kier alpha value is -1.98. The molecule has 2 aromatic heterocycles. The highest BCUT2D eigenvalue weighted by molar-refractivity contribution is 5.97. The summed E-state index contributed by atoms with van der Waals surface area (Å²) in [5, 5.41) is 8.83. The molecule has 0 unspecified atom stereocenters. The van der Waals surface area contributed by atoms with Crippen LogP contribution >= 0.6 is 0 Å². The van der Waals surface area contributed by atoms with Crippen molar-refractivity contribution in [2.24, 2.45) is 0 Å². The Morgan fingerprint density at radius 1 is 1.57 bits per heavy atom. The number of carboxylic acids is 1. The number of rotatable bonds is 2. The van der Waals surface area contributed by atoms with E-state index >= 15 is 0 Å². The molecule has 2 rings (SSSR count). The Morgan fingerprint density at radius 3 is 3.00 bits per heavy atom. The number of carboxylic acid groups (broad SMARTS) is 1. The average molecular weight is 192 g/mol. The van der Waals surface area contributed by atoms with Crippen LogP contribution in [0.4, 0.5) is 0 Å². The van der Waals surface area contributed by atoms with Crippen molar-refractivity contribution in [3.8, 4) is 0 Å². The lowest BCUT2D eigenvalue weighted by Gasteiger charge is -1.92. The van der Waals surface area contributed by atoms with Crippen LogP contribution in [0, 0.1) is 0 Å². The van der Waals surface area contributed by atoms with Gasteiger partial charge in [-0.25, -0.2) is 19.7 Å². The SMILES string of the molecule is CCc1nc2ncnc(C(=O)O)c2[nH]1. The molecular formula is C8H8N4O2. The van der Waals surface area contributed by atoms with Crippen molar-refractivity contribution in [2.45, 2.75) is 13.3 Å². The molecule has 0 aliphatic heterocycles. The van der Waals surface area contributed by atoms with Gasteiger partial charge >= 0.3 is 5.97 Å². The smallest absolute Gasteiger partial charge is 0.356 e. The fourth-order valence-corrected chi connectivity index (χ4v) is 1.21. The zero-order valence-corrected chi connectivity index (χ0v) is 7.48. The fourth-order valence-electron chi connectivity index (χ4n) is 1.21. The van der Waals surface area contributed by atoms with Gasteiger partial charge in [0.2, 0.25) is 0 Å². The van der Waals surface area contributed by atoms with Crippen molar-refractivity contribution < 1.29 is 9.90 Å². The second-order valence-corrected chi connectivity index (χ2v) is 2.76. The topological polar surface area (TPSA) is 91.8 Å². The van der Waals surface area contributed by atoms with Crippen LogP contribution < -0.4 is 0 Å². The third kappa shape index (κ3) is 1.20. The summed E-state index contributed by atoms with van der Waals surface area (Å²) in [6, 6.07) is 0. The van der Waals surface area contributed by atoms with Crippen LogP contribution in [-0.4, -0.2) is 31.0 Å². The summed E-state index contributed by atoms with van der Waals surface area (Å²) in [5.41, 5.74) is 0.744. The molecule has 6 heteroatoms. The number of aromatic nitrogens is 4. The van der Waals surface area contributed by atoms with Gasteiger partial charge in [0.25, 0.3) is 0 Å². The molecular weight excluding hydrogens is 184 g/mol. The summed E-state index contributed by atoms with van der Waals surface area (Å²) in [7, 11) is 0. The van der Waals surface area contributed by atoms with Crippen LogP contribution in [0.15, 0.2) is 6.33 Å². The van der Waals surface area contributed by atoms with Gasteiger partial charge in [-0.15, -0.1) is 0 Å². The maximum Gasteiger partial charge on any atom is 0.356 e. The van der Waals surface area contributed by atoms with E-state index in [-0.39, 0.29) is 5.69 Å². The molecule has 0 fully saturated rings. The Bertz CT molecular complexity index is 491. The number of hydrogen-bond acceptors (Lipinski definition) is 4. The van der Waals surface area contributed by atoms with E-state index in [2.05, 4.69) is 19.9 Å². The van der Waals surface area contributed by atoms with Crippen LogP contribution in [0.5, 0.6) is 0 Å². The van der Waals surface area contributed by atoms with Gasteiger partial charge in [0, 0.05) is 6.42 Å². The molecule has 0 radical (unpaired) electrons. The summed E-state index contributed by atoms with van der Waals surface area (Å²) in [6.45, 7) is 1.92. The summed E-state index contributed by atoms with van der Waals surface area (Å²) in [5.74, 6) is -0.369. The van der Waals surface area contributed by atoms with E-state index in [1.54, 1.807) is 0 Å². The Morgan fingerprint density at radius 2 is 2.36 bits per heavy atom. The summed E-state index contributed by atoms with van der Waals surface area (Å²) >= 11 is 0. The van der Waals surface area contributed by atoms with Gasteiger partial charge in [-0.05, 0) is 0 Å². The molecule has 0 aromatic carbocycles. The number of hydrogen-bond donors (Lipinski definition) is 2. The predicted octanol–water partition coefficient (Wildman–Crippen LogP) is 0.613. The number of aromatic carboxylic acids is 1. The van der Waals surface area contributed by atoms with Gasteiger partial charge in [-0.3, -0.25) is 0 Å². The molecule has 0 bridgehead atoms. The lowest BCUT2D eigenvalue weighted by atomic mass is 10.4. The number of H-pyrrole nitrogens is 1. The minimum Gasteiger partial charge on any atom is -0.476 e. The van der Waals surface area contributed by atoms with Crippen LogP contribution in [0.1, 0.15) is 23.2 Å². The number of aromatic amines is 1. The van der Waals surface area contributed by atoms with E-state index in [0.717, 1.165) is 0 Å². The molecule has 0 saturated carbocycles. The van der Waals surface area contributed by atoms with Gasteiger partial charge in [-0.2, -0.15) is 0 Å². The van der Waals surface area contributed by atoms with E-state index in [0.29, 0.717) is 23.4 Å². The largest absolute Gasteiger partial charge is 0.476 e. The number of imidazole rings is 1. The maximum atomic E-state index is 10.8. The highest BCUT2D eigenvalue weighted by atomic mass is 16.4. The third-order valence-corrected chi connectivity index (χ3v) is 1.87. The summed E-state index contributed by atoms with van der Waals surface area (Å²) < 4.78 is 0. The van der Waals surface area contributed by atoms with Gasteiger partial charge in [0.1, 0.15) is 17.7 Å². The van der Waals surface area contributed by atoms with Gasteiger partial charge in [0.05, 0.1) is 0 Å². The van der Waals surface area contributed by atoms with Crippen molar-refractivity contribution >= 4 is 17.1 Å². The first-order valence-electron chi connectivity index (χ1n) is 4.15. The molecule has 72 valence electrons. The Balaban J connectivity index is 2.73. The number of aryl methyl sites for hydroxylation is 1. The summed E-state index contributed by atoms with van der Waals surface area (Å²) in [6.07, 6.45) is 1.90. The molecule has 0 saturated heterocycles. The molecule has 2 heterocycles. The minimum absolute atomic E-state index is 0.0396. The first-order valence-corrected chi connectivity index (χ1v) is 4.15. The lowest BCUT2D eigenvalue weighted by molar-refractivity contribution is 0.0692. The van der Waals surface area contributed by atoms with Gasteiger partial charge in [0.15, 0.2) is 11.3 Å². The first kappa shape index (κ1) is 8.61. The van der Waals surface area contributed by atoms with Crippen molar-refractivity contribution in [3.63, 3.8) is 0 Å². The number of fused-ring (bicyclic) bond motifs is 1. The number of nitrogens with zero attached hydrogens (tertiary/aromatic N) is 3. The number of carbonyl (C=O) groups is 1. The van der Waals surface area contributed by atoms with Crippen LogP contribution in [0.2, 0.25) is 0 Å². The van der Waals surface area contributed by atoms with E-state index in [9.17, 15) is 4.79 Å². The molecule has 0 atom stereocenters. The molecule has 2 aromatic rings. The lowest BCUT2D eigenvalue weighted by Crippen LogP contribution is -2.01. The predicted molar refractivity (Wildman–Crippen MR) is 48.0 cm³/mol. The molecule has 0 amide bonds. The third-order valence-electron chi connectivity index (χ3n) is 1.87. The van der Waals surface area contributed by atoms with E-state index in [1.807, 2.05) is 6.92 Å². The second-order valence-electron chi connectivity index (χ2n) is 2.76. The average Bonchev–Trinajstić information content (AvgIpc) is 2.59. The standard InChI is InChI=1S/C8H8N4O2/c1-2-4-11-5-6(8(13)14)9-3-10-7(5)12-4/h3H,2H2,1H3,(H,13,14)(H,9,10,11,12). The monoisotopic (exact) mass is 192 g/mol. The van der Waals surface area contributed by atoms with E-state index in [1.165, 1.54) is 6.33 Å². The normalized spacial score (nSPS) is 10.6. The first-order chi connectivity index (χ1) is 6.72. The molecule has 14 heavy (non-hydrogen) atoms. The van der Waals surface area contributed by atoms with Crippen LogP contribution in [0.25, 0.3) is 11.2 Å². The van der Waals surface area contributed by atoms with Crippen molar-refractivity contribution in [2.75, 3.05) is 0 Å². The van der Waals surface area contributed by atoms with Crippen molar-refractivity contribution in [1.82, 2.24) is 19.9 Å². The van der Waals surface area contributed by atoms with Gasteiger partial charge < -0.3 is 10.1 Å². The highest BCUT2D eigenvalue weighted by Crippen LogP contribution is 2.11. The minimum atomic E-state index is -1.08. The quantitative estimate of drug-likeness (QED) is 0.727. The highest BCUT2D eigenvalue weighted by Gasteiger charge is 2.13. The molecule has 6 nitrogen and oxygen atoms in total. The fraction of sp³-hybridized carbons (Fsp3) is 0.250. The molecule has 2 N–H and O–H groups in total.